The topological polar surface area (TPSA) is 52.6 Å². The maximum Gasteiger partial charge on any atom is 0.191 e. The first-order chi connectivity index (χ1) is 12.8. The number of thiophene rings is 1. The number of nitrogens with one attached hydrogen (secondary N) is 2. The molecule has 0 radical (unpaired) electrons. The lowest BCUT2D eigenvalue weighted by molar-refractivity contribution is 0.573. The fraction of sp³-hybridized carbons (Fsp3) is 0.500. The fourth-order valence-electron chi connectivity index (χ4n) is 3.19. The molecule has 1 fully saturated rings. The summed E-state index contributed by atoms with van der Waals surface area (Å²) in [7, 11) is 1.82. The molecule has 1 aliphatic heterocycles. The Balaban J connectivity index is 1.50. The van der Waals surface area contributed by atoms with Crippen molar-refractivity contribution in [2.75, 3.05) is 31.6 Å². The number of nitrogens with zero attached hydrogens (tertiary/aromatic N) is 3. The molecule has 1 aliphatic rings. The highest BCUT2D eigenvalue weighted by Gasteiger charge is 2.12. The summed E-state index contributed by atoms with van der Waals surface area (Å²) in [5, 5.41) is 8.96. The molecule has 0 bridgehead atoms. The minimum atomic E-state index is 0.472. The van der Waals surface area contributed by atoms with Crippen LogP contribution in [0.5, 0.6) is 0 Å². The van der Waals surface area contributed by atoms with Gasteiger partial charge < -0.3 is 15.5 Å². The van der Waals surface area contributed by atoms with Crippen molar-refractivity contribution < 1.29 is 0 Å². The lowest BCUT2D eigenvalue weighted by Crippen LogP contribution is -2.38. The molecule has 3 heterocycles. The van der Waals surface area contributed by atoms with Crippen LogP contribution in [0.25, 0.3) is 0 Å². The highest BCUT2D eigenvalue weighted by molar-refractivity contribution is 7.10. The second kappa shape index (κ2) is 9.57. The molecule has 6 heteroatoms. The van der Waals surface area contributed by atoms with Gasteiger partial charge in [0.25, 0.3) is 0 Å². The molecule has 1 unspecified atom stereocenters. The zero-order valence-corrected chi connectivity index (χ0v) is 16.6. The van der Waals surface area contributed by atoms with E-state index in [1.807, 2.05) is 13.2 Å². The summed E-state index contributed by atoms with van der Waals surface area (Å²) in [6.07, 6.45) is 5.78. The molecule has 0 spiro atoms. The van der Waals surface area contributed by atoms with E-state index in [0.29, 0.717) is 5.92 Å². The molecule has 1 saturated heterocycles. The average Bonchev–Trinajstić information content (AvgIpc) is 3.24. The quantitative estimate of drug-likeness (QED) is 0.602. The van der Waals surface area contributed by atoms with Crippen molar-refractivity contribution in [3.8, 4) is 0 Å². The number of aliphatic imine (C=N–C) groups is 1. The molecule has 2 aromatic heterocycles. The molecule has 0 amide bonds. The third kappa shape index (κ3) is 5.21. The minimum Gasteiger partial charge on any atom is -0.357 e. The van der Waals surface area contributed by atoms with Crippen LogP contribution in [0.4, 0.5) is 5.82 Å². The van der Waals surface area contributed by atoms with Crippen molar-refractivity contribution in [1.29, 1.82) is 0 Å². The molecular weight excluding hydrogens is 342 g/mol. The Bertz CT molecular complexity index is 692. The van der Waals surface area contributed by atoms with Gasteiger partial charge in [-0.05, 0) is 48.4 Å². The number of piperidine rings is 1. The predicted octanol–water partition coefficient (Wildman–Crippen LogP) is 3.60. The molecule has 26 heavy (non-hydrogen) atoms. The number of guanidine groups is 1. The molecule has 2 N–H and O–H groups in total. The van der Waals surface area contributed by atoms with Gasteiger partial charge in [-0.1, -0.05) is 13.0 Å². The maximum absolute atomic E-state index is 4.55. The summed E-state index contributed by atoms with van der Waals surface area (Å²) in [5.41, 5.74) is 1.23. The number of pyridine rings is 1. The van der Waals surface area contributed by atoms with E-state index in [-0.39, 0.29) is 0 Å². The molecular formula is C20H29N5S. The zero-order chi connectivity index (χ0) is 18.2. The fourth-order valence-corrected chi connectivity index (χ4v) is 3.98. The van der Waals surface area contributed by atoms with Crippen LogP contribution < -0.4 is 15.5 Å². The Hall–Kier alpha value is -2.08. The third-order valence-electron chi connectivity index (χ3n) is 4.78. The molecule has 3 rings (SSSR count). The molecule has 1 atom stereocenters. The van der Waals surface area contributed by atoms with Crippen LogP contribution in [0.15, 0.2) is 40.8 Å². The largest absolute Gasteiger partial charge is 0.357 e. The van der Waals surface area contributed by atoms with Crippen molar-refractivity contribution in [1.82, 2.24) is 15.6 Å². The summed E-state index contributed by atoms with van der Waals surface area (Å²) in [6, 6.07) is 8.56. The lowest BCUT2D eigenvalue weighted by atomic mass is 10.1. The van der Waals surface area contributed by atoms with E-state index in [1.54, 1.807) is 11.3 Å². The van der Waals surface area contributed by atoms with Crippen molar-refractivity contribution in [2.24, 2.45) is 4.99 Å². The average molecular weight is 372 g/mol. The summed E-state index contributed by atoms with van der Waals surface area (Å²) < 4.78 is 0. The predicted molar refractivity (Wildman–Crippen MR) is 111 cm³/mol. The van der Waals surface area contributed by atoms with Gasteiger partial charge in [0.1, 0.15) is 5.82 Å². The van der Waals surface area contributed by atoms with Gasteiger partial charge >= 0.3 is 0 Å². The van der Waals surface area contributed by atoms with Gasteiger partial charge in [0.15, 0.2) is 5.96 Å². The van der Waals surface area contributed by atoms with Gasteiger partial charge in [-0.15, -0.1) is 11.3 Å². The van der Waals surface area contributed by atoms with E-state index in [4.69, 9.17) is 0 Å². The first-order valence-corrected chi connectivity index (χ1v) is 10.3. The van der Waals surface area contributed by atoms with Gasteiger partial charge in [0, 0.05) is 50.2 Å². The summed E-state index contributed by atoms with van der Waals surface area (Å²) in [4.78, 5) is 12.7. The number of hydrogen-bond acceptors (Lipinski definition) is 4. The van der Waals surface area contributed by atoms with E-state index in [9.17, 15) is 0 Å². The van der Waals surface area contributed by atoms with Crippen LogP contribution >= 0.6 is 11.3 Å². The zero-order valence-electron chi connectivity index (χ0n) is 15.7. The number of rotatable bonds is 6. The number of anilines is 1. The van der Waals surface area contributed by atoms with Crippen LogP contribution in [-0.2, 0) is 6.54 Å². The molecule has 2 aromatic rings. The number of hydrogen-bond donors (Lipinski definition) is 2. The van der Waals surface area contributed by atoms with Gasteiger partial charge in [-0.2, -0.15) is 0 Å². The van der Waals surface area contributed by atoms with E-state index < -0.39 is 0 Å². The second-order valence-electron chi connectivity index (χ2n) is 6.79. The first kappa shape index (κ1) is 18.7. The standard InChI is InChI=1S/C20H29N5S/c1-16(18-7-6-12-26-18)14-23-20(21-2)24-15-17-8-9-22-19(13-17)25-10-4-3-5-11-25/h6-9,12-13,16H,3-5,10-11,14-15H2,1-2H3,(H2,21,23,24). The SMILES string of the molecule is CN=C(NCc1ccnc(N2CCCCC2)c1)NCC(C)c1cccs1. The Labute approximate surface area is 160 Å². The normalized spacial score (nSPS) is 16.4. The monoisotopic (exact) mass is 371 g/mol. The number of aromatic nitrogens is 1. The summed E-state index contributed by atoms with van der Waals surface area (Å²) in [5.74, 6) is 2.41. The van der Waals surface area contributed by atoms with Crippen molar-refractivity contribution in [2.45, 2.75) is 38.6 Å². The Kier molecular flexibility index (Phi) is 6.89. The maximum atomic E-state index is 4.55. The highest BCUT2D eigenvalue weighted by Crippen LogP contribution is 2.20. The molecule has 0 aliphatic carbocycles. The molecule has 5 nitrogen and oxygen atoms in total. The van der Waals surface area contributed by atoms with Crippen LogP contribution in [0.3, 0.4) is 0 Å². The van der Waals surface area contributed by atoms with Crippen molar-refractivity contribution in [3.63, 3.8) is 0 Å². The second-order valence-corrected chi connectivity index (χ2v) is 7.77. The molecule has 140 valence electrons. The van der Waals surface area contributed by atoms with Crippen molar-refractivity contribution >= 4 is 23.1 Å². The third-order valence-corrected chi connectivity index (χ3v) is 5.88. The van der Waals surface area contributed by atoms with Crippen LogP contribution in [-0.4, -0.2) is 37.6 Å². The van der Waals surface area contributed by atoms with Crippen molar-refractivity contribution in [3.05, 3.63) is 46.3 Å². The van der Waals surface area contributed by atoms with Gasteiger partial charge in [-0.25, -0.2) is 4.98 Å². The minimum absolute atomic E-state index is 0.472. The lowest BCUT2D eigenvalue weighted by Gasteiger charge is -2.28. The van der Waals surface area contributed by atoms with E-state index >= 15 is 0 Å². The molecule has 0 aromatic carbocycles. The van der Waals surface area contributed by atoms with Gasteiger partial charge in [-0.3, -0.25) is 4.99 Å². The summed E-state index contributed by atoms with van der Waals surface area (Å²) in [6.45, 7) is 6.09. The van der Waals surface area contributed by atoms with Crippen LogP contribution in [0.1, 0.15) is 42.5 Å². The van der Waals surface area contributed by atoms with Crippen LogP contribution in [0.2, 0.25) is 0 Å². The van der Waals surface area contributed by atoms with Gasteiger partial charge in [0.2, 0.25) is 0 Å². The van der Waals surface area contributed by atoms with Gasteiger partial charge in [0.05, 0.1) is 0 Å². The Morgan fingerprint density at radius 1 is 1.27 bits per heavy atom. The van der Waals surface area contributed by atoms with E-state index in [0.717, 1.165) is 38.0 Å². The smallest absolute Gasteiger partial charge is 0.191 e. The summed E-state index contributed by atoms with van der Waals surface area (Å²) >= 11 is 1.80. The Morgan fingerprint density at radius 3 is 2.85 bits per heavy atom. The molecule has 0 saturated carbocycles. The first-order valence-electron chi connectivity index (χ1n) is 9.44. The Morgan fingerprint density at radius 2 is 2.12 bits per heavy atom. The van der Waals surface area contributed by atoms with Crippen LogP contribution in [0, 0.1) is 0 Å². The van der Waals surface area contributed by atoms with E-state index in [2.05, 4.69) is 62.1 Å². The van der Waals surface area contributed by atoms with E-state index in [1.165, 1.54) is 29.7 Å². The highest BCUT2D eigenvalue weighted by atomic mass is 32.1.